The summed E-state index contributed by atoms with van der Waals surface area (Å²) >= 11 is 0.702. The van der Waals surface area contributed by atoms with Gasteiger partial charge in [-0.25, -0.2) is 0 Å². The average Bonchev–Trinajstić information content (AvgIpc) is 2.84. The summed E-state index contributed by atoms with van der Waals surface area (Å²) in [4.78, 5) is 0. The average molecular weight is 219 g/mol. The van der Waals surface area contributed by atoms with Gasteiger partial charge in [0.05, 0.1) is 0 Å². The zero-order chi connectivity index (χ0) is 8.13. The van der Waals surface area contributed by atoms with Crippen molar-refractivity contribution < 1.29 is 0 Å². The second-order valence-corrected chi connectivity index (χ2v) is 5.32. The van der Waals surface area contributed by atoms with Gasteiger partial charge in [0.1, 0.15) is 0 Å². The fourth-order valence-corrected chi connectivity index (χ4v) is 3.61. The van der Waals surface area contributed by atoms with E-state index in [0.29, 0.717) is 15.0 Å². The van der Waals surface area contributed by atoms with Crippen LogP contribution in [0.5, 0.6) is 0 Å². The van der Waals surface area contributed by atoms with Crippen LogP contribution in [0.1, 0.15) is 5.56 Å². The molecule has 0 N–H and O–H groups in total. The molecule has 0 aromatic heterocycles. The van der Waals surface area contributed by atoms with E-state index in [2.05, 4.69) is 37.3 Å². The topological polar surface area (TPSA) is 0 Å². The molecule has 0 unspecified atom stereocenters. The molecule has 0 saturated carbocycles. The zero-order valence-electron chi connectivity index (χ0n) is 6.79. The van der Waals surface area contributed by atoms with Gasteiger partial charge in [0.2, 0.25) is 0 Å². The number of benzene rings is 2. The van der Waals surface area contributed by atoms with E-state index in [-0.39, 0.29) is 0 Å². The Morgan fingerprint density at radius 1 is 1.08 bits per heavy atom. The Kier molecular flexibility index (Phi) is 1.19. The Hall–Kier alpha value is -0.781. The van der Waals surface area contributed by atoms with E-state index in [9.17, 15) is 0 Å². The van der Waals surface area contributed by atoms with Crippen LogP contribution in [0.15, 0.2) is 30.3 Å². The van der Waals surface area contributed by atoms with Gasteiger partial charge >= 0.3 is 77.5 Å². The molecule has 2 aromatic carbocycles. The van der Waals surface area contributed by atoms with Crippen LogP contribution in [-0.2, 0) is 0 Å². The minimum atomic E-state index is 0.702. The number of rotatable bonds is 0. The fraction of sp³-hybridized carbons (Fsp3) is 0.0909. The second-order valence-electron chi connectivity index (χ2n) is 3.17. The van der Waals surface area contributed by atoms with Gasteiger partial charge in [-0.1, -0.05) is 0 Å². The first kappa shape index (κ1) is 6.71. The summed E-state index contributed by atoms with van der Waals surface area (Å²) in [6.45, 7) is 2.22. The van der Waals surface area contributed by atoms with Crippen molar-refractivity contribution in [3.8, 4) is 0 Å². The van der Waals surface area contributed by atoms with Crippen molar-refractivity contribution in [3.63, 3.8) is 0 Å². The van der Waals surface area contributed by atoms with Gasteiger partial charge in [0.15, 0.2) is 0 Å². The summed E-state index contributed by atoms with van der Waals surface area (Å²) in [6, 6.07) is 11.0. The van der Waals surface area contributed by atoms with E-state index in [1.54, 1.807) is 8.92 Å². The van der Waals surface area contributed by atoms with Crippen LogP contribution in [-0.4, -0.2) is 15.0 Å². The molecule has 0 saturated heterocycles. The Morgan fingerprint density at radius 2 is 1.92 bits per heavy atom. The SMILES string of the molecule is Cc1cc2ccccc2c2c1[Se]2. The van der Waals surface area contributed by atoms with Gasteiger partial charge in [-0.15, -0.1) is 0 Å². The first-order valence-electron chi connectivity index (χ1n) is 4.06. The van der Waals surface area contributed by atoms with Gasteiger partial charge in [0, 0.05) is 0 Å². The second kappa shape index (κ2) is 2.12. The Labute approximate surface area is 77.8 Å². The summed E-state index contributed by atoms with van der Waals surface area (Å²) in [5.74, 6) is 0. The van der Waals surface area contributed by atoms with Gasteiger partial charge in [0.25, 0.3) is 0 Å². The molecule has 58 valence electrons. The first-order valence-corrected chi connectivity index (χ1v) is 5.78. The van der Waals surface area contributed by atoms with Crippen molar-refractivity contribution in [1.29, 1.82) is 0 Å². The van der Waals surface area contributed by atoms with Crippen LogP contribution in [0, 0.1) is 6.92 Å². The summed E-state index contributed by atoms with van der Waals surface area (Å²) in [5, 5.41) is 2.89. The predicted molar refractivity (Wildman–Crippen MR) is 53.7 cm³/mol. The van der Waals surface area contributed by atoms with Gasteiger partial charge in [-0.3, -0.25) is 0 Å². The number of hydrogen-bond acceptors (Lipinski definition) is 0. The van der Waals surface area contributed by atoms with Crippen LogP contribution in [0.4, 0.5) is 0 Å². The molecule has 0 spiro atoms. The van der Waals surface area contributed by atoms with E-state index in [1.807, 2.05) is 0 Å². The molecular weight excluding hydrogens is 211 g/mol. The molecular formula is C11H8Se. The zero-order valence-corrected chi connectivity index (χ0v) is 8.51. The Morgan fingerprint density at radius 3 is 2.83 bits per heavy atom. The predicted octanol–water partition coefficient (Wildman–Crippen LogP) is 1.12. The van der Waals surface area contributed by atoms with Crippen molar-refractivity contribution in [1.82, 2.24) is 0 Å². The molecule has 1 heterocycles. The fourth-order valence-electron chi connectivity index (χ4n) is 1.64. The van der Waals surface area contributed by atoms with E-state index in [4.69, 9.17) is 0 Å². The maximum absolute atomic E-state index is 2.31. The van der Waals surface area contributed by atoms with E-state index in [0.717, 1.165) is 0 Å². The van der Waals surface area contributed by atoms with Gasteiger partial charge in [-0.2, -0.15) is 0 Å². The van der Waals surface area contributed by atoms with Crippen molar-refractivity contribution in [2.24, 2.45) is 0 Å². The number of aryl methyl sites for hydroxylation is 1. The molecule has 0 aliphatic carbocycles. The molecule has 0 bridgehead atoms. The van der Waals surface area contributed by atoms with Gasteiger partial charge < -0.3 is 0 Å². The third kappa shape index (κ3) is 0.782. The number of fused-ring (bicyclic) bond motifs is 3. The summed E-state index contributed by atoms with van der Waals surface area (Å²) in [6.07, 6.45) is 0. The molecule has 0 radical (unpaired) electrons. The Balaban J connectivity index is 2.53. The number of hydrogen-bond donors (Lipinski definition) is 0. The maximum atomic E-state index is 2.31. The molecule has 2 aromatic rings. The van der Waals surface area contributed by atoms with E-state index < -0.39 is 0 Å². The third-order valence-corrected chi connectivity index (χ3v) is 4.73. The molecule has 1 aliphatic rings. The first-order chi connectivity index (χ1) is 5.86. The summed E-state index contributed by atoms with van der Waals surface area (Å²) < 4.78 is 3.28. The summed E-state index contributed by atoms with van der Waals surface area (Å²) in [5.41, 5.74) is 1.49. The van der Waals surface area contributed by atoms with Crippen LogP contribution in [0.3, 0.4) is 0 Å². The third-order valence-electron chi connectivity index (χ3n) is 2.30. The van der Waals surface area contributed by atoms with Crippen molar-refractivity contribution >= 4 is 34.7 Å². The molecule has 0 atom stereocenters. The van der Waals surface area contributed by atoms with Crippen molar-refractivity contribution in [2.45, 2.75) is 6.92 Å². The van der Waals surface area contributed by atoms with Crippen LogP contribution < -0.4 is 8.92 Å². The van der Waals surface area contributed by atoms with Crippen LogP contribution in [0.2, 0.25) is 0 Å². The van der Waals surface area contributed by atoms with Crippen molar-refractivity contribution in [2.75, 3.05) is 0 Å². The monoisotopic (exact) mass is 220 g/mol. The van der Waals surface area contributed by atoms with Crippen LogP contribution >= 0.6 is 0 Å². The normalized spacial score (nSPS) is 13.1. The minimum absolute atomic E-state index is 0.702. The molecule has 3 rings (SSSR count). The van der Waals surface area contributed by atoms with E-state index >= 15 is 0 Å². The molecule has 1 heteroatoms. The van der Waals surface area contributed by atoms with Crippen molar-refractivity contribution in [3.05, 3.63) is 35.9 Å². The van der Waals surface area contributed by atoms with E-state index in [1.165, 1.54) is 16.3 Å². The molecule has 0 nitrogen and oxygen atoms in total. The van der Waals surface area contributed by atoms with Crippen LogP contribution in [0.25, 0.3) is 10.8 Å². The molecule has 0 fully saturated rings. The standard InChI is InChI=1S/C11H8Se/c1-7-6-8-4-2-3-5-9(8)11-10(7)12-11/h2-6H,1H3. The molecule has 0 amide bonds. The Bertz CT molecular complexity index is 472. The quantitative estimate of drug-likeness (QED) is 0.497. The van der Waals surface area contributed by atoms with Gasteiger partial charge in [-0.05, 0) is 0 Å². The molecule has 12 heavy (non-hydrogen) atoms. The summed E-state index contributed by atoms with van der Waals surface area (Å²) in [7, 11) is 0. The molecule has 1 aliphatic heterocycles.